The summed E-state index contributed by atoms with van der Waals surface area (Å²) >= 11 is 0. The van der Waals surface area contributed by atoms with Gasteiger partial charge in [0.25, 0.3) is 0 Å². The molecule has 2 rings (SSSR count). The zero-order valence-electron chi connectivity index (χ0n) is 12.9. The van der Waals surface area contributed by atoms with Gasteiger partial charge in [-0.3, -0.25) is 0 Å². The van der Waals surface area contributed by atoms with Crippen molar-refractivity contribution in [3.05, 3.63) is 29.3 Å². The van der Waals surface area contributed by atoms with E-state index in [1.165, 1.54) is 23.8 Å². The van der Waals surface area contributed by atoms with Gasteiger partial charge in [-0.25, -0.2) is 0 Å². The Balaban J connectivity index is 2.27. The standard InChI is InChI=1S/C17H27B/c1-7-14-8-9-15(10-13(14)2)18-11-16(3,4)17(5,6)12-18/h8-10H,7,11-12H2,1-6H3. The van der Waals surface area contributed by atoms with E-state index < -0.39 is 0 Å². The first-order valence-electron chi connectivity index (χ1n) is 7.36. The fourth-order valence-corrected chi connectivity index (χ4v) is 3.46. The Morgan fingerprint density at radius 3 is 2.06 bits per heavy atom. The minimum absolute atomic E-state index is 0.453. The quantitative estimate of drug-likeness (QED) is 0.677. The van der Waals surface area contributed by atoms with Crippen LogP contribution in [0.2, 0.25) is 12.6 Å². The van der Waals surface area contributed by atoms with Crippen LogP contribution in [0.3, 0.4) is 0 Å². The molecule has 0 N–H and O–H groups in total. The third-order valence-electron chi connectivity index (χ3n) is 5.56. The van der Waals surface area contributed by atoms with Gasteiger partial charge < -0.3 is 0 Å². The summed E-state index contributed by atoms with van der Waals surface area (Å²) in [5.74, 6) is 0. The molecule has 0 saturated carbocycles. The molecule has 1 fully saturated rings. The Bertz CT molecular complexity index is 427. The average molecular weight is 242 g/mol. The van der Waals surface area contributed by atoms with Crippen molar-refractivity contribution in [3.63, 3.8) is 0 Å². The molecule has 1 saturated heterocycles. The smallest absolute Gasteiger partial charge is 0.0797 e. The summed E-state index contributed by atoms with van der Waals surface area (Å²) < 4.78 is 0. The van der Waals surface area contributed by atoms with Crippen molar-refractivity contribution in [3.8, 4) is 0 Å². The van der Waals surface area contributed by atoms with E-state index in [1.807, 2.05) is 0 Å². The summed E-state index contributed by atoms with van der Waals surface area (Å²) in [6, 6.07) is 7.14. The summed E-state index contributed by atoms with van der Waals surface area (Å²) in [5.41, 5.74) is 5.43. The van der Waals surface area contributed by atoms with E-state index in [2.05, 4.69) is 59.7 Å². The van der Waals surface area contributed by atoms with E-state index >= 15 is 0 Å². The molecule has 0 aliphatic carbocycles. The molecule has 1 heterocycles. The molecule has 0 aromatic heterocycles. The van der Waals surface area contributed by atoms with Crippen LogP contribution in [0, 0.1) is 17.8 Å². The van der Waals surface area contributed by atoms with Crippen LogP contribution >= 0.6 is 0 Å². The van der Waals surface area contributed by atoms with Crippen molar-refractivity contribution in [1.29, 1.82) is 0 Å². The van der Waals surface area contributed by atoms with Gasteiger partial charge in [0.05, 0.1) is 0 Å². The number of hydrogen-bond acceptors (Lipinski definition) is 0. The number of aryl methyl sites for hydroxylation is 2. The zero-order chi connectivity index (χ0) is 13.6. The van der Waals surface area contributed by atoms with Crippen molar-refractivity contribution < 1.29 is 0 Å². The van der Waals surface area contributed by atoms with Crippen LogP contribution in [-0.2, 0) is 6.42 Å². The molecule has 0 bridgehead atoms. The van der Waals surface area contributed by atoms with Gasteiger partial charge >= 0.3 is 0 Å². The first-order valence-corrected chi connectivity index (χ1v) is 7.36. The summed E-state index contributed by atoms with van der Waals surface area (Å²) in [6.45, 7) is 15.0. The van der Waals surface area contributed by atoms with Crippen LogP contribution in [0.15, 0.2) is 18.2 Å². The van der Waals surface area contributed by atoms with Gasteiger partial charge in [-0.05, 0) is 35.3 Å². The monoisotopic (exact) mass is 242 g/mol. The van der Waals surface area contributed by atoms with Gasteiger partial charge in [-0.1, -0.05) is 70.9 Å². The highest BCUT2D eigenvalue weighted by molar-refractivity contribution is 6.74. The molecule has 1 aromatic carbocycles. The molecule has 0 unspecified atom stereocenters. The molecule has 0 amide bonds. The van der Waals surface area contributed by atoms with E-state index in [0.717, 1.165) is 13.1 Å². The second kappa shape index (κ2) is 4.44. The average Bonchev–Trinajstić information content (AvgIpc) is 2.48. The van der Waals surface area contributed by atoms with Crippen molar-refractivity contribution in [1.82, 2.24) is 0 Å². The largest absolute Gasteiger partial charge is 0.176 e. The molecule has 0 atom stereocenters. The summed E-state index contributed by atoms with van der Waals surface area (Å²) in [4.78, 5) is 0. The highest BCUT2D eigenvalue weighted by Gasteiger charge is 2.47. The maximum Gasteiger partial charge on any atom is 0.176 e. The highest BCUT2D eigenvalue weighted by Crippen LogP contribution is 2.52. The van der Waals surface area contributed by atoms with Crippen molar-refractivity contribution >= 4 is 12.2 Å². The Morgan fingerprint density at radius 2 is 1.61 bits per heavy atom. The molecule has 98 valence electrons. The lowest BCUT2D eigenvalue weighted by Gasteiger charge is -2.35. The molecule has 1 aromatic rings. The Morgan fingerprint density at radius 1 is 1.06 bits per heavy atom. The molecule has 1 aliphatic rings. The van der Waals surface area contributed by atoms with E-state index in [0.29, 0.717) is 10.8 Å². The first-order chi connectivity index (χ1) is 8.27. The maximum absolute atomic E-state index is 2.43. The number of rotatable bonds is 2. The van der Waals surface area contributed by atoms with Crippen molar-refractivity contribution in [2.24, 2.45) is 10.8 Å². The minimum atomic E-state index is 0.453. The number of benzene rings is 1. The predicted octanol–water partition coefficient (Wildman–Crippen LogP) is 4.33. The second-order valence-corrected chi connectivity index (χ2v) is 7.41. The van der Waals surface area contributed by atoms with Gasteiger partial charge in [0.2, 0.25) is 0 Å². The van der Waals surface area contributed by atoms with Crippen LogP contribution in [0.1, 0.15) is 45.7 Å². The Labute approximate surface area is 113 Å². The van der Waals surface area contributed by atoms with Gasteiger partial charge in [-0.2, -0.15) is 0 Å². The highest BCUT2D eigenvalue weighted by atomic mass is 14.4. The predicted molar refractivity (Wildman–Crippen MR) is 83.1 cm³/mol. The van der Waals surface area contributed by atoms with Crippen molar-refractivity contribution in [2.45, 2.75) is 60.6 Å². The Hall–Kier alpha value is -0.715. The SMILES string of the molecule is CCc1ccc(B2CC(C)(C)C(C)(C)C2)cc1C. The molecule has 1 heteroatoms. The summed E-state index contributed by atoms with van der Waals surface area (Å²) in [6.07, 6.45) is 3.80. The van der Waals surface area contributed by atoms with E-state index in [-0.39, 0.29) is 0 Å². The molecule has 0 radical (unpaired) electrons. The zero-order valence-corrected chi connectivity index (χ0v) is 12.9. The molecule has 0 nitrogen and oxygen atoms in total. The number of hydrogen-bond donors (Lipinski definition) is 0. The van der Waals surface area contributed by atoms with Gasteiger partial charge in [0.15, 0.2) is 6.71 Å². The van der Waals surface area contributed by atoms with E-state index in [9.17, 15) is 0 Å². The Kier molecular flexibility index (Phi) is 3.38. The van der Waals surface area contributed by atoms with E-state index in [1.54, 1.807) is 5.46 Å². The van der Waals surface area contributed by atoms with Gasteiger partial charge in [0, 0.05) is 0 Å². The second-order valence-electron chi connectivity index (χ2n) is 7.41. The summed E-state index contributed by atoms with van der Waals surface area (Å²) in [7, 11) is 0. The fraction of sp³-hybridized carbons (Fsp3) is 0.647. The van der Waals surface area contributed by atoms with Gasteiger partial charge in [0.1, 0.15) is 0 Å². The van der Waals surface area contributed by atoms with Crippen LogP contribution < -0.4 is 5.46 Å². The minimum Gasteiger partial charge on any atom is -0.0797 e. The third-order valence-corrected chi connectivity index (χ3v) is 5.56. The lowest BCUT2D eigenvalue weighted by Crippen LogP contribution is -2.28. The normalized spacial score (nSPS) is 21.3. The van der Waals surface area contributed by atoms with Crippen LogP contribution in [0.4, 0.5) is 0 Å². The molecular formula is C17H27B. The third kappa shape index (κ3) is 2.24. The fourth-order valence-electron chi connectivity index (χ4n) is 3.46. The molecule has 18 heavy (non-hydrogen) atoms. The van der Waals surface area contributed by atoms with Crippen LogP contribution in [-0.4, -0.2) is 6.71 Å². The topological polar surface area (TPSA) is 0 Å². The first kappa shape index (κ1) is 13.7. The van der Waals surface area contributed by atoms with E-state index in [4.69, 9.17) is 0 Å². The molecule has 0 spiro atoms. The van der Waals surface area contributed by atoms with Crippen molar-refractivity contribution in [2.75, 3.05) is 0 Å². The molecular weight excluding hydrogens is 215 g/mol. The van der Waals surface area contributed by atoms with Crippen LogP contribution in [0.5, 0.6) is 0 Å². The van der Waals surface area contributed by atoms with Crippen LogP contribution in [0.25, 0.3) is 0 Å². The summed E-state index contributed by atoms with van der Waals surface area (Å²) in [5, 5.41) is 0. The lowest BCUT2D eigenvalue weighted by molar-refractivity contribution is 0.177. The lowest BCUT2D eigenvalue weighted by atomic mass is 9.42. The molecule has 1 aliphatic heterocycles. The van der Waals surface area contributed by atoms with Gasteiger partial charge in [-0.15, -0.1) is 0 Å². The maximum atomic E-state index is 2.43.